The molecular formula is C22H24N4O3. The second-order valence-electron chi connectivity index (χ2n) is 6.99. The molecule has 1 N–H and O–H groups in total. The molecule has 1 aliphatic heterocycles. The lowest BCUT2D eigenvalue weighted by Crippen LogP contribution is -2.34. The molecule has 7 nitrogen and oxygen atoms in total. The van der Waals surface area contributed by atoms with E-state index in [0.717, 1.165) is 30.5 Å². The highest BCUT2D eigenvalue weighted by Gasteiger charge is 2.34. The number of methoxy groups -OCH3 is 1. The third-order valence-corrected chi connectivity index (χ3v) is 5.20. The Labute approximate surface area is 169 Å². The second kappa shape index (κ2) is 8.34. The number of aromatic nitrogens is 2. The Kier molecular flexibility index (Phi) is 5.46. The van der Waals surface area contributed by atoms with Crippen LogP contribution in [0, 0.1) is 0 Å². The van der Waals surface area contributed by atoms with Crippen LogP contribution in [-0.4, -0.2) is 34.7 Å². The molecule has 0 unspecified atom stereocenters. The van der Waals surface area contributed by atoms with Crippen molar-refractivity contribution >= 4 is 11.7 Å². The third-order valence-electron chi connectivity index (χ3n) is 5.20. The zero-order chi connectivity index (χ0) is 20.2. The van der Waals surface area contributed by atoms with Crippen LogP contribution in [-0.2, 0) is 6.42 Å². The maximum atomic E-state index is 12.8. The monoisotopic (exact) mass is 392 g/mol. The SMILES string of the molecule is CCc1ccc(NC(=O)N2CCC[C@H]2c2nc(-c3ccccc3OC)no2)cc1. The lowest BCUT2D eigenvalue weighted by Gasteiger charge is -2.22. The fourth-order valence-corrected chi connectivity index (χ4v) is 3.59. The highest BCUT2D eigenvalue weighted by Crippen LogP contribution is 2.34. The summed E-state index contributed by atoms with van der Waals surface area (Å²) in [7, 11) is 1.61. The van der Waals surface area contributed by atoms with Gasteiger partial charge in [-0.25, -0.2) is 4.79 Å². The highest BCUT2D eigenvalue weighted by atomic mass is 16.5. The number of carbonyl (C=O) groups is 1. The van der Waals surface area contributed by atoms with E-state index < -0.39 is 0 Å². The van der Waals surface area contributed by atoms with Gasteiger partial charge in [0, 0.05) is 12.2 Å². The quantitative estimate of drug-likeness (QED) is 0.682. The van der Waals surface area contributed by atoms with Crippen LogP contribution in [0.15, 0.2) is 53.1 Å². The highest BCUT2D eigenvalue weighted by molar-refractivity contribution is 5.89. The Hall–Kier alpha value is -3.35. The molecule has 0 aliphatic carbocycles. The standard InChI is InChI=1S/C22H24N4O3/c1-3-15-10-12-16(13-11-15)23-22(27)26-14-6-8-18(26)21-24-20(25-29-21)17-7-4-5-9-19(17)28-2/h4-5,7,9-13,18H,3,6,8,14H2,1-2H3,(H,23,27)/t18-/m0/s1. The van der Waals surface area contributed by atoms with E-state index in [2.05, 4.69) is 22.4 Å². The van der Waals surface area contributed by atoms with Gasteiger partial charge >= 0.3 is 6.03 Å². The van der Waals surface area contributed by atoms with E-state index in [4.69, 9.17) is 9.26 Å². The van der Waals surface area contributed by atoms with Crippen LogP contribution in [0.4, 0.5) is 10.5 Å². The first-order valence-electron chi connectivity index (χ1n) is 9.83. The number of likely N-dealkylation sites (tertiary alicyclic amines) is 1. The van der Waals surface area contributed by atoms with Crippen molar-refractivity contribution in [2.24, 2.45) is 0 Å². The van der Waals surface area contributed by atoms with Gasteiger partial charge in [-0.3, -0.25) is 0 Å². The summed E-state index contributed by atoms with van der Waals surface area (Å²) in [6.07, 6.45) is 2.64. The topological polar surface area (TPSA) is 80.5 Å². The number of carbonyl (C=O) groups excluding carboxylic acids is 1. The van der Waals surface area contributed by atoms with Crippen molar-refractivity contribution < 1.29 is 14.1 Å². The van der Waals surface area contributed by atoms with Gasteiger partial charge < -0.3 is 19.5 Å². The van der Waals surface area contributed by atoms with Gasteiger partial charge in [0.25, 0.3) is 0 Å². The number of para-hydroxylation sites is 1. The van der Waals surface area contributed by atoms with E-state index in [1.54, 1.807) is 12.0 Å². The number of hydrogen-bond donors (Lipinski definition) is 1. The van der Waals surface area contributed by atoms with Gasteiger partial charge in [-0.15, -0.1) is 0 Å². The predicted molar refractivity (Wildman–Crippen MR) is 110 cm³/mol. The van der Waals surface area contributed by atoms with E-state index >= 15 is 0 Å². The number of nitrogens with zero attached hydrogens (tertiary/aromatic N) is 3. The van der Waals surface area contributed by atoms with E-state index in [0.29, 0.717) is 24.0 Å². The van der Waals surface area contributed by atoms with Crippen LogP contribution in [0.2, 0.25) is 0 Å². The Morgan fingerprint density at radius 1 is 1.24 bits per heavy atom. The molecule has 2 amide bonds. The van der Waals surface area contributed by atoms with Gasteiger partial charge in [-0.2, -0.15) is 4.98 Å². The van der Waals surface area contributed by atoms with E-state index in [1.807, 2.05) is 48.5 Å². The molecule has 2 heterocycles. The molecule has 4 rings (SSSR count). The second-order valence-corrected chi connectivity index (χ2v) is 6.99. The molecule has 1 aromatic heterocycles. The van der Waals surface area contributed by atoms with Crippen molar-refractivity contribution in [1.29, 1.82) is 0 Å². The van der Waals surface area contributed by atoms with Gasteiger partial charge in [-0.05, 0) is 49.1 Å². The minimum absolute atomic E-state index is 0.159. The summed E-state index contributed by atoms with van der Waals surface area (Å²) in [5.74, 6) is 1.58. The van der Waals surface area contributed by atoms with Crippen molar-refractivity contribution in [2.45, 2.75) is 32.2 Å². The fourth-order valence-electron chi connectivity index (χ4n) is 3.59. The van der Waals surface area contributed by atoms with Crippen molar-refractivity contribution in [3.05, 3.63) is 60.0 Å². The molecule has 7 heteroatoms. The first-order chi connectivity index (χ1) is 14.2. The third kappa shape index (κ3) is 3.94. The van der Waals surface area contributed by atoms with Crippen molar-refractivity contribution in [3.8, 4) is 17.1 Å². The first kappa shape index (κ1) is 19.0. The molecule has 0 saturated carbocycles. The van der Waals surface area contributed by atoms with Crippen LogP contribution < -0.4 is 10.1 Å². The van der Waals surface area contributed by atoms with Gasteiger partial charge in [0.2, 0.25) is 11.7 Å². The number of nitrogens with one attached hydrogen (secondary N) is 1. The molecule has 1 aliphatic rings. The molecule has 1 fully saturated rings. The summed E-state index contributed by atoms with van der Waals surface area (Å²) in [6.45, 7) is 2.75. The number of benzene rings is 2. The summed E-state index contributed by atoms with van der Waals surface area (Å²) < 4.78 is 10.9. The average Bonchev–Trinajstić information content (AvgIpc) is 3.43. The molecule has 150 valence electrons. The number of urea groups is 1. The van der Waals surface area contributed by atoms with E-state index in [1.165, 1.54) is 5.56 Å². The van der Waals surface area contributed by atoms with Crippen LogP contribution >= 0.6 is 0 Å². The lowest BCUT2D eigenvalue weighted by molar-refractivity contribution is 0.193. The Balaban J connectivity index is 1.51. The minimum Gasteiger partial charge on any atom is -0.496 e. The lowest BCUT2D eigenvalue weighted by atomic mass is 10.1. The molecule has 1 saturated heterocycles. The molecule has 0 spiro atoms. The van der Waals surface area contributed by atoms with Gasteiger partial charge in [-0.1, -0.05) is 36.3 Å². The molecule has 2 aromatic carbocycles. The first-order valence-corrected chi connectivity index (χ1v) is 9.83. The van der Waals surface area contributed by atoms with Crippen LogP contribution in [0.25, 0.3) is 11.4 Å². The van der Waals surface area contributed by atoms with Gasteiger partial charge in [0.05, 0.1) is 12.7 Å². The zero-order valence-electron chi connectivity index (χ0n) is 16.6. The summed E-state index contributed by atoms with van der Waals surface area (Å²) in [5, 5.41) is 7.08. The largest absolute Gasteiger partial charge is 0.496 e. The molecule has 29 heavy (non-hydrogen) atoms. The fraction of sp³-hybridized carbons (Fsp3) is 0.318. The van der Waals surface area contributed by atoms with Crippen LogP contribution in [0.3, 0.4) is 0 Å². The number of rotatable bonds is 5. The summed E-state index contributed by atoms with van der Waals surface area (Å²) in [5.41, 5.74) is 2.77. The van der Waals surface area contributed by atoms with Gasteiger partial charge in [0.15, 0.2) is 0 Å². The average molecular weight is 392 g/mol. The van der Waals surface area contributed by atoms with Crippen molar-refractivity contribution in [2.75, 3.05) is 19.0 Å². The normalized spacial score (nSPS) is 16.1. The van der Waals surface area contributed by atoms with Crippen molar-refractivity contribution in [1.82, 2.24) is 15.0 Å². The van der Waals surface area contributed by atoms with Gasteiger partial charge in [0.1, 0.15) is 11.8 Å². The maximum absolute atomic E-state index is 12.8. The van der Waals surface area contributed by atoms with Crippen molar-refractivity contribution in [3.63, 3.8) is 0 Å². The van der Waals surface area contributed by atoms with E-state index in [-0.39, 0.29) is 12.1 Å². The Morgan fingerprint density at radius 3 is 2.79 bits per heavy atom. The summed E-state index contributed by atoms with van der Waals surface area (Å²) in [6, 6.07) is 15.0. The van der Waals surface area contributed by atoms with E-state index in [9.17, 15) is 4.79 Å². The van der Waals surface area contributed by atoms with Crippen LogP contribution in [0.1, 0.15) is 37.3 Å². The number of aryl methyl sites for hydroxylation is 1. The van der Waals surface area contributed by atoms with Crippen LogP contribution in [0.5, 0.6) is 5.75 Å². The molecule has 3 aromatic rings. The number of amides is 2. The smallest absolute Gasteiger partial charge is 0.322 e. The Bertz CT molecular complexity index is 984. The molecular weight excluding hydrogens is 368 g/mol. The predicted octanol–water partition coefficient (Wildman–Crippen LogP) is 4.68. The number of hydrogen-bond acceptors (Lipinski definition) is 5. The number of ether oxygens (including phenoxy) is 1. The zero-order valence-corrected chi connectivity index (χ0v) is 16.6. The summed E-state index contributed by atoms with van der Waals surface area (Å²) >= 11 is 0. The molecule has 0 bridgehead atoms. The summed E-state index contributed by atoms with van der Waals surface area (Å²) in [4.78, 5) is 19.1. The number of anilines is 1. The molecule has 1 atom stereocenters. The minimum atomic E-state index is -0.235. The Morgan fingerprint density at radius 2 is 2.03 bits per heavy atom. The maximum Gasteiger partial charge on any atom is 0.322 e. The molecule has 0 radical (unpaired) electrons.